The van der Waals surface area contributed by atoms with Crippen molar-refractivity contribution in [2.24, 2.45) is 5.73 Å². The lowest BCUT2D eigenvalue weighted by atomic mass is 10.7. The van der Waals surface area contributed by atoms with Crippen LogP contribution in [0.5, 0.6) is 0 Å². The van der Waals surface area contributed by atoms with E-state index in [2.05, 4.69) is 5.32 Å². The van der Waals surface area contributed by atoms with Crippen LogP contribution < -0.4 is 11.1 Å². The first-order valence-electron chi connectivity index (χ1n) is 3.67. The SMILES string of the molecule is CO[Si](C)(CCNC(N)=O)OC. The fourth-order valence-electron chi connectivity index (χ4n) is 0.700. The van der Waals surface area contributed by atoms with Crippen molar-refractivity contribution in [3.63, 3.8) is 0 Å². The van der Waals surface area contributed by atoms with Crippen molar-refractivity contribution < 1.29 is 13.6 Å². The van der Waals surface area contributed by atoms with E-state index >= 15 is 0 Å². The summed E-state index contributed by atoms with van der Waals surface area (Å²) in [7, 11) is 1.19. The number of carbonyl (C=O) groups is 1. The van der Waals surface area contributed by atoms with E-state index in [0.717, 1.165) is 0 Å². The van der Waals surface area contributed by atoms with Crippen LogP contribution in [0.4, 0.5) is 4.79 Å². The van der Waals surface area contributed by atoms with Crippen molar-refractivity contribution >= 4 is 14.6 Å². The van der Waals surface area contributed by atoms with Gasteiger partial charge >= 0.3 is 14.6 Å². The highest BCUT2D eigenvalue weighted by Crippen LogP contribution is 2.09. The molecule has 0 bridgehead atoms. The van der Waals surface area contributed by atoms with E-state index in [0.29, 0.717) is 12.6 Å². The Bertz CT molecular complexity index is 150. The molecular weight excluding hydrogens is 176 g/mol. The Kier molecular flexibility index (Phi) is 4.87. The van der Waals surface area contributed by atoms with E-state index in [-0.39, 0.29) is 0 Å². The topological polar surface area (TPSA) is 73.6 Å². The number of amides is 2. The standard InChI is InChI=1S/C6H16N2O3Si/c1-10-12(3,11-2)5-4-8-6(7)9/h4-5H2,1-3H3,(H3,7,8,9). The molecule has 72 valence electrons. The Hall–Kier alpha value is -0.593. The number of nitrogens with one attached hydrogen (secondary N) is 1. The van der Waals surface area contributed by atoms with E-state index < -0.39 is 14.6 Å². The first kappa shape index (κ1) is 11.4. The third kappa shape index (κ3) is 4.32. The third-order valence-corrected chi connectivity index (χ3v) is 4.63. The Morgan fingerprint density at radius 2 is 2.00 bits per heavy atom. The van der Waals surface area contributed by atoms with Crippen molar-refractivity contribution in [2.75, 3.05) is 20.8 Å². The van der Waals surface area contributed by atoms with E-state index in [9.17, 15) is 4.79 Å². The lowest BCUT2D eigenvalue weighted by molar-refractivity contribution is 0.243. The summed E-state index contributed by atoms with van der Waals surface area (Å²) in [5.74, 6) is 0. The molecule has 0 fully saturated rings. The van der Waals surface area contributed by atoms with E-state index in [1.165, 1.54) is 0 Å². The zero-order valence-electron chi connectivity index (χ0n) is 7.72. The minimum atomic E-state index is -2.03. The van der Waals surface area contributed by atoms with Crippen molar-refractivity contribution in [2.45, 2.75) is 12.6 Å². The molecule has 12 heavy (non-hydrogen) atoms. The number of carbonyl (C=O) groups excluding carboxylic acids is 1. The maximum absolute atomic E-state index is 10.3. The Labute approximate surface area is 73.5 Å². The highest BCUT2D eigenvalue weighted by Gasteiger charge is 2.27. The lowest BCUT2D eigenvalue weighted by Crippen LogP contribution is -2.41. The first-order chi connectivity index (χ1) is 5.54. The highest BCUT2D eigenvalue weighted by molar-refractivity contribution is 6.66. The lowest BCUT2D eigenvalue weighted by Gasteiger charge is -2.22. The van der Waals surface area contributed by atoms with Crippen LogP contribution in [0.2, 0.25) is 12.6 Å². The molecule has 0 atom stereocenters. The Morgan fingerprint density at radius 3 is 2.33 bits per heavy atom. The summed E-state index contributed by atoms with van der Waals surface area (Å²) < 4.78 is 10.4. The molecule has 0 radical (unpaired) electrons. The van der Waals surface area contributed by atoms with Gasteiger partial charge in [0.25, 0.3) is 0 Å². The maximum atomic E-state index is 10.3. The molecule has 0 saturated carbocycles. The normalized spacial score (nSPS) is 11.2. The molecule has 0 aliphatic carbocycles. The predicted molar refractivity (Wildman–Crippen MR) is 48.0 cm³/mol. The van der Waals surface area contributed by atoms with Crippen LogP contribution in [-0.2, 0) is 8.85 Å². The molecule has 0 spiro atoms. The van der Waals surface area contributed by atoms with Crippen molar-refractivity contribution in [3.05, 3.63) is 0 Å². The van der Waals surface area contributed by atoms with Gasteiger partial charge in [0, 0.05) is 26.8 Å². The minimum Gasteiger partial charge on any atom is -0.398 e. The van der Waals surface area contributed by atoms with E-state index in [4.69, 9.17) is 14.6 Å². The molecule has 2 amide bonds. The number of primary amides is 1. The van der Waals surface area contributed by atoms with Crippen molar-refractivity contribution in [1.82, 2.24) is 5.32 Å². The van der Waals surface area contributed by atoms with Gasteiger partial charge in [-0.3, -0.25) is 0 Å². The second-order valence-corrected chi connectivity index (χ2v) is 6.17. The summed E-state index contributed by atoms with van der Waals surface area (Å²) in [6.45, 7) is 2.43. The van der Waals surface area contributed by atoms with Gasteiger partial charge in [-0.15, -0.1) is 0 Å². The number of hydrogen-bond acceptors (Lipinski definition) is 3. The smallest absolute Gasteiger partial charge is 0.336 e. The monoisotopic (exact) mass is 192 g/mol. The average molecular weight is 192 g/mol. The van der Waals surface area contributed by atoms with Crippen LogP contribution in [0.1, 0.15) is 0 Å². The second kappa shape index (κ2) is 5.12. The molecule has 3 N–H and O–H groups in total. The van der Waals surface area contributed by atoms with Crippen LogP contribution >= 0.6 is 0 Å². The van der Waals surface area contributed by atoms with Gasteiger partial charge in [0.05, 0.1) is 0 Å². The highest BCUT2D eigenvalue weighted by atomic mass is 28.4. The van der Waals surface area contributed by atoms with E-state index in [1.807, 2.05) is 6.55 Å². The molecule has 0 rings (SSSR count). The third-order valence-electron chi connectivity index (χ3n) is 1.74. The summed E-state index contributed by atoms with van der Waals surface area (Å²) in [5, 5.41) is 2.48. The average Bonchev–Trinajstić information content (AvgIpc) is 2.03. The molecule has 0 aliphatic rings. The molecule has 0 saturated heterocycles. The molecular formula is C6H16N2O3Si. The zero-order valence-corrected chi connectivity index (χ0v) is 8.72. The molecule has 0 aromatic carbocycles. The van der Waals surface area contributed by atoms with E-state index in [1.54, 1.807) is 14.2 Å². The zero-order chi connectivity index (χ0) is 9.61. The van der Waals surface area contributed by atoms with Gasteiger partial charge in [0.15, 0.2) is 0 Å². The fourth-order valence-corrected chi connectivity index (χ4v) is 1.85. The second-order valence-electron chi connectivity index (χ2n) is 2.58. The summed E-state index contributed by atoms with van der Waals surface area (Å²) in [6, 6.07) is 0.182. The van der Waals surface area contributed by atoms with Crippen LogP contribution in [0, 0.1) is 0 Å². The Morgan fingerprint density at radius 1 is 1.50 bits per heavy atom. The summed E-state index contributed by atoms with van der Waals surface area (Å²) in [6.07, 6.45) is 0. The largest absolute Gasteiger partial charge is 0.398 e. The molecule has 5 nitrogen and oxygen atoms in total. The molecule has 0 aromatic rings. The number of rotatable bonds is 5. The van der Waals surface area contributed by atoms with Crippen LogP contribution in [0.3, 0.4) is 0 Å². The molecule has 0 aliphatic heterocycles. The number of nitrogens with two attached hydrogens (primary N) is 1. The number of urea groups is 1. The van der Waals surface area contributed by atoms with Crippen LogP contribution in [-0.4, -0.2) is 35.4 Å². The Balaban J connectivity index is 3.65. The number of hydrogen-bond donors (Lipinski definition) is 2. The summed E-state index contributed by atoms with van der Waals surface area (Å²) >= 11 is 0. The van der Waals surface area contributed by atoms with Gasteiger partial charge in [-0.05, 0) is 6.55 Å². The molecule has 6 heteroatoms. The first-order valence-corrected chi connectivity index (χ1v) is 6.20. The predicted octanol–water partition coefficient (Wildman–Crippen LogP) is 0.0195. The van der Waals surface area contributed by atoms with Gasteiger partial charge in [0.2, 0.25) is 0 Å². The summed E-state index contributed by atoms with van der Waals surface area (Å²) in [5.41, 5.74) is 4.89. The summed E-state index contributed by atoms with van der Waals surface area (Å²) in [4.78, 5) is 10.3. The maximum Gasteiger partial charge on any atom is 0.336 e. The molecule has 0 aromatic heterocycles. The van der Waals surface area contributed by atoms with Crippen LogP contribution in [0.15, 0.2) is 0 Å². The van der Waals surface area contributed by atoms with Crippen molar-refractivity contribution in [1.29, 1.82) is 0 Å². The van der Waals surface area contributed by atoms with Gasteiger partial charge in [-0.25, -0.2) is 4.79 Å². The quantitative estimate of drug-likeness (QED) is 0.603. The molecule has 0 unspecified atom stereocenters. The van der Waals surface area contributed by atoms with Crippen LogP contribution in [0.25, 0.3) is 0 Å². The fraction of sp³-hybridized carbons (Fsp3) is 0.833. The van der Waals surface area contributed by atoms with Crippen molar-refractivity contribution in [3.8, 4) is 0 Å². The van der Waals surface area contributed by atoms with Gasteiger partial charge in [-0.2, -0.15) is 0 Å². The molecule has 0 heterocycles. The van der Waals surface area contributed by atoms with Gasteiger partial charge in [-0.1, -0.05) is 0 Å². The van der Waals surface area contributed by atoms with Gasteiger partial charge in [0.1, 0.15) is 0 Å². The minimum absolute atomic E-state index is 0.500. The van der Waals surface area contributed by atoms with Gasteiger partial charge < -0.3 is 19.9 Å².